The summed E-state index contributed by atoms with van der Waals surface area (Å²) in [6.45, 7) is 3.87. The zero-order chi connectivity index (χ0) is 12.6. The molecule has 0 heterocycles. The molecule has 0 aliphatic rings. The minimum Gasteiger partial charge on any atom is -0.507 e. The zero-order valence-corrected chi connectivity index (χ0v) is 9.73. The molecular weight excluding hydrogens is 216 g/mol. The number of phenols is 3. The van der Waals surface area contributed by atoms with Crippen LogP contribution in [0.3, 0.4) is 0 Å². The molecule has 3 heteroatoms. The van der Waals surface area contributed by atoms with Gasteiger partial charge in [0.15, 0.2) is 11.5 Å². The van der Waals surface area contributed by atoms with E-state index in [1.54, 1.807) is 12.1 Å². The summed E-state index contributed by atoms with van der Waals surface area (Å²) in [4.78, 5) is 0. The van der Waals surface area contributed by atoms with Crippen LogP contribution in [0.4, 0.5) is 0 Å². The quantitative estimate of drug-likeness (QED) is 0.660. The summed E-state index contributed by atoms with van der Waals surface area (Å²) in [6, 6.07) is 7.98. The molecule has 0 saturated carbocycles. The number of aryl methyl sites for hydroxylation is 1. The Morgan fingerprint density at radius 2 is 1.41 bits per heavy atom. The van der Waals surface area contributed by atoms with Crippen molar-refractivity contribution in [3.8, 4) is 28.4 Å². The summed E-state index contributed by atoms with van der Waals surface area (Å²) in [5, 5.41) is 28.6. The molecule has 0 aliphatic carbocycles. The molecule has 0 unspecified atom stereocenters. The van der Waals surface area contributed by atoms with Crippen molar-refractivity contribution >= 4 is 0 Å². The lowest BCUT2D eigenvalue weighted by Gasteiger charge is -2.11. The van der Waals surface area contributed by atoms with Gasteiger partial charge < -0.3 is 15.3 Å². The van der Waals surface area contributed by atoms with E-state index < -0.39 is 0 Å². The van der Waals surface area contributed by atoms with Gasteiger partial charge in [0, 0.05) is 5.56 Å². The second kappa shape index (κ2) is 4.01. The van der Waals surface area contributed by atoms with Crippen molar-refractivity contribution in [3.63, 3.8) is 0 Å². The SMILES string of the molecule is Cc1ccc(O)c(-c2ccc(O)c(O)c2)c1C. The maximum atomic E-state index is 9.89. The van der Waals surface area contributed by atoms with Gasteiger partial charge in [-0.25, -0.2) is 0 Å². The van der Waals surface area contributed by atoms with Crippen LogP contribution in [0.25, 0.3) is 11.1 Å². The fraction of sp³-hybridized carbons (Fsp3) is 0.143. The van der Waals surface area contributed by atoms with Crippen LogP contribution < -0.4 is 0 Å². The lowest BCUT2D eigenvalue weighted by molar-refractivity contribution is 0.404. The summed E-state index contributed by atoms with van der Waals surface area (Å²) >= 11 is 0. The van der Waals surface area contributed by atoms with Crippen molar-refractivity contribution in [2.45, 2.75) is 13.8 Å². The van der Waals surface area contributed by atoms with Crippen LogP contribution in [0.15, 0.2) is 30.3 Å². The molecule has 0 spiro atoms. The van der Waals surface area contributed by atoms with E-state index in [0.29, 0.717) is 11.1 Å². The first-order chi connectivity index (χ1) is 8.00. The van der Waals surface area contributed by atoms with Gasteiger partial charge in [-0.3, -0.25) is 0 Å². The fourth-order valence-electron chi connectivity index (χ4n) is 1.84. The molecule has 0 fully saturated rings. The minimum atomic E-state index is -0.192. The van der Waals surface area contributed by atoms with Gasteiger partial charge in [0.05, 0.1) is 0 Å². The van der Waals surface area contributed by atoms with Crippen molar-refractivity contribution in [1.82, 2.24) is 0 Å². The van der Waals surface area contributed by atoms with Gasteiger partial charge in [-0.05, 0) is 48.7 Å². The van der Waals surface area contributed by atoms with Crippen LogP contribution >= 0.6 is 0 Å². The number of benzene rings is 2. The number of aromatic hydroxyl groups is 3. The molecule has 2 aromatic rings. The molecule has 0 radical (unpaired) electrons. The predicted molar refractivity (Wildman–Crippen MR) is 66.3 cm³/mol. The van der Waals surface area contributed by atoms with Gasteiger partial charge >= 0.3 is 0 Å². The molecule has 17 heavy (non-hydrogen) atoms. The first-order valence-corrected chi connectivity index (χ1v) is 5.32. The molecule has 0 bridgehead atoms. The van der Waals surface area contributed by atoms with E-state index in [4.69, 9.17) is 0 Å². The van der Waals surface area contributed by atoms with Crippen LogP contribution in [-0.2, 0) is 0 Å². The Hall–Kier alpha value is -2.16. The summed E-state index contributed by atoms with van der Waals surface area (Å²) in [5.74, 6) is -0.195. The second-order valence-corrected chi connectivity index (χ2v) is 4.11. The molecular formula is C14H14O3. The molecule has 3 nitrogen and oxygen atoms in total. The van der Waals surface area contributed by atoms with Gasteiger partial charge in [0.1, 0.15) is 5.75 Å². The van der Waals surface area contributed by atoms with E-state index in [9.17, 15) is 15.3 Å². The van der Waals surface area contributed by atoms with Crippen LogP contribution in [0, 0.1) is 13.8 Å². The van der Waals surface area contributed by atoms with Gasteiger partial charge in [-0.15, -0.1) is 0 Å². The molecule has 0 amide bonds. The highest BCUT2D eigenvalue weighted by atomic mass is 16.3. The highest BCUT2D eigenvalue weighted by molar-refractivity contribution is 5.76. The third-order valence-corrected chi connectivity index (χ3v) is 2.98. The topological polar surface area (TPSA) is 60.7 Å². The maximum Gasteiger partial charge on any atom is 0.158 e. The van der Waals surface area contributed by atoms with Crippen molar-refractivity contribution in [3.05, 3.63) is 41.5 Å². The second-order valence-electron chi connectivity index (χ2n) is 4.11. The third kappa shape index (κ3) is 1.91. The Bertz CT molecular complexity index is 574. The molecule has 0 aliphatic heterocycles. The molecule has 0 aromatic heterocycles. The molecule has 2 rings (SSSR count). The van der Waals surface area contributed by atoms with E-state index >= 15 is 0 Å². The van der Waals surface area contributed by atoms with Crippen molar-refractivity contribution in [2.75, 3.05) is 0 Å². The van der Waals surface area contributed by atoms with Crippen LogP contribution in [0.5, 0.6) is 17.2 Å². The molecule has 0 atom stereocenters. The number of rotatable bonds is 1. The van der Waals surface area contributed by atoms with Gasteiger partial charge in [0.25, 0.3) is 0 Å². The first kappa shape index (κ1) is 11.3. The normalized spacial score (nSPS) is 10.5. The number of hydrogen-bond acceptors (Lipinski definition) is 3. The average molecular weight is 230 g/mol. The Balaban J connectivity index is 2.68. The minimum absolute atomic E-state index is 0.165. The molecule has 3 N–H and O–H groups in total. The first-order valence-electron chi connectivity index (χ1n) is 5.32. The van der Waals surface area contributed by atoms with Crippen molar-refractivity contribution < 1.29 is 15.3 Å². The number of hydrogen-bond donors (Lipinski definition) is 3. The van der Waals surface area contributed by atoms with Crippen LogP contribution in [0.2, 0.25) is 0 Å². The van der Waals surface area contributed by atoms with Gasteiger partial charge in [-0.2, -0.15) is 0 Å². The largest absolute Gasteiger partial charge is 0.507 e. The lowest BCUT2D eigenvalue weighted by atomic mass is 9.96. The number of phenolic OH excluding ortho intramolecular Hbond substituents is 3. The van der Waals surface area contributed by atoms with Gasteiger partial charge in [-0.1, -0.05) is 12.1 Å². The Kier molecular flexibility index (Phi) is 2.68. The third-order valence-electron chi connectivity index (χ3n) is 2.98. The predicted octanol–water partition coefficient (Wildman–Crippen LogP) is 3.09. The lowest BCUT2D eigenvalue weighted by Crippen LogP contribution is -1.88. The highest BCUT2D eigenvalue weighted by Gasteiger charge is 2.11. The Morgan fingerprint density at radius 3 is 2.06 bits per heavy atom. The average Bonchev–Trinajstić information content (AvgIpc) is 2.29. The maximum absolute atomic E-state index is 9.89. The van der Waals surface area contributed by atoms with E-state index in [1.807, 2.05) is 19.9 Å². The zero-order valence-electron chi connectivity index (χ0n) is 9.73. The van der Waals surface area contributed by atoms with E-state index in [2.05, 4.69) is 0 Å². The molecule has 0 saturated heterocycles. The summed E-state index contributed by atoms with van der Waals surface area (Å²) in [7, 11) is 0. The van der Waals surface area contributed by atoms with E-state index in [1.165, 1.54) is 12.1 Å². The smallest absolute Gasteiger partial charge is 0.158 e. The molecule has 88 valence electrons. The highest BCUT2D eigenvalue weighted by Crippen LogP contribution is 2.37. The van der Waals surface area contributed by atoms with E-state index in [-0.39, 0.29) is 17.2 Å². The van der Waals surface area contributed by atoms with E-state index in [0.717, 1.165) is 11.1 Å². The molecule has 2 aromatic carbocycles. The fourth-order valence-corrected chi connectivity index (χ4v) is 1.84. The monoisotopic (exact) mass is 230 g/mol. The Labute approximate surface area is 99.6 Å². The van der Waals surface area contributed by atoms with Crippen molar-refractivity contribution in [1.29, 1.82) is 0 Å². The van der Waals surface area contributed by atoms with Gasteiger partial charge in [0.2, 0.25) is 0 Å². The van der Waals surface area contributed by atoms with Crippen molar-refractivity contribution in [2.24, 2.45) is 0 Å². The van der Waals surface area contributed by atoms with Crippen LogP contribution in [0.1, 0.15) is 11.1 Å². The van der Waals surface area contributed by atoms with Crippen LogP contribution in [-0.4, -0.2) is 15.3 Å². The summed E-state index contributed by atoms with van der Waals surface area (Å²) in [6.07, 6.45) is 0. The standard InChI is InChI=1S/C14H14O3/c1-8-3-5-12(16)14(9(8)2)10-4-6-11(15)13(17)7-10/h3-7,15-17H,1-2H3. The summed E-state index contributed by atoms with van der Waals surface area (Å²) in [5.41, 5.74) is 3.37. The summed E-state index contributed by atoms with van der Waals surface area (Å²) < 4.78 is 0. The Morgan fingerprint density at radius 1 is 0.765 bits per heavy atom.